The van der Waals surface area contributed by atoms with Gasteiger partial charge in [-0.2, -0.15) is 10.4 Å². The van der Waals surface area contributed by atoms with Gasteiger partial charge in [0, 0.05) is 56.7 Å². The summed E-state index contributed by atoms with van der Waals surface area (Å²) in [6.45, 7) is 3.69. The Kier molecular flexibility index (Phi) is 4.69. The molecule has 0 spiro atoms. The molecule has 126 valence electrons. The number of piperazine rings is 1. The fraction of sp³-hybridized carbons (Fsp3) is 0.400. The molecule has 0 bridgehead atoms. The molecule has 0 amide bonds. The van der Waals surface area contributed by atoms with Crippen molar-refractivity contribution in [3.63, 3.8) is 0 Å². The minimum Gasteiger partial charge on any atom is -0.398 e. The monoisotopic (exact) mass is 333 g/mol. The molecule has 9 heteroatoms. The molecule has 3 N–H and O–H groups in total. The quantitative estimate of drug-likeness (QED) is 0.869. The van der Waals surface area contributed by atoms with Crippen LogP contribution in [0.2, 0.25) is 0 Å². The summed E-state index contributed by atoms with van der Waals surface area (Å²) in [6.07, 6.45) is 0.196. The van der Waals surface area contributed by atoms with Gasteiger partial charge in [0.25, 0.3) is 6.43 Å². The third kappa shape index (κ3) is 3.34. The highest BCUT2D eigenvalue weighted by Crippen LogP contribution is 2.24. The smallest absolute Gasteiger partial charge is 0.282 e. The standard InChI is InChI=1S/C15H17F2N7/c16-15(17)14-11(8-23-3-1-20-2-4-23)9-24(22-14)13-5-12(19)10(6-18)7-21-13/h5,7,9,15,20H,1-4,8H2,(H2,19,21). The van der Waals surface area contributed by atoms with Crippen molar-refractivity contribution in [2.45, 2.75) is 13.0 Å². The number of halogens is 2. The summed E-state index contributed by atoms with van der Waals surface area (Å²) in [5, 5.41) is 16.1. The van der Waals surface area contributed by atoms with Crippen LogP contribution in [-0.2, 0) is 6.54 Å². The lowest BCUT2D eigenvalue weighted by molar-refractivity contribution is 0.142. The molecule has 0 atom stereocenters. The number of nitriles is 1. The maximum Gasteiger partial charge on any atom is 0.282 e. The SMILES string of the molecule is N#Cc1cnc(-n2cc(CN3CCNCC3)c(C(F)F)n2)cc1N. The van der Waals surface area contributed by atoms with Crippen molar-refractivity contribution >= 4 is 5.69 Å². The maximum atomic E-state index is 13.3. The van der Waals surface area contributed by atoms with Crippen LogP contribution in [0.4, 0.5) is 14.5 Å². The molecule has 2 aromatic heterocycles. The van der Waals surface area contributed by atoms with Crippen molar-refractivity contribution in [3.8, 4) is 11.9 Å². The Morgan fingerprint density at radius 1 is 1.38 bits per heavy atom. The van der Waals surface area contributed by atoms with Crippen molar-refractivity contribution in [2.24, 2.45) is 0 Å². The molecule has 24 heavy (non-hydrogen) atoms. The average molecular weight is 333 g/mol. The first-order valence-electron chi connectivity index (χ1n) is 7.54. The first kappa shape index (κ1) is 16.3. The number of nitrogens with zero attached hydrogens (tertiary/aromatic N) is 5. The van der Waals surface area contributed by atoms with E-state index in [0.717, 1.165) is 26.2 Å². The van der Waals surface area contributed by atoms with E-state index in [1.165, 1.54) is 16.9 Å². The Hall–Kier alpha value is -2.57. The summed E-state index contributed by atoms with van der Waals surface area (Å²) in [6, 6.07) is 3.37. The molecule has 0 radical (unpaired) electrons. The van der Waals surface area contributed by atoms with Crippen molar-refractivity contribution in [3.05, 3.63) is 35.3 Å². The van der Waals surface area contributed by atoms with Gasteiger partial charge in [-0.3, -0.25) is 4.90 Å². The summed E-state index contributed by atoms with van der Waals surface area (Å²) in [7, 11) is 0. The van der Waals surface area contributed by atoms with Gasteiger partial charge in [-0.25, -0.2) is 18.4 Å². The zero-order valence-corrected chi connectivity index (χ0v) is 12.9. The predicted molar refractivity (Wildman–Crippen MR) is 83.6 cm³/mol. The number of nitrogens with two attached hydrogens (primary N) is 1. The number of alkyl halides is 2. The van der Waals surface area contributed by atoms with E-state index < -0.39 is 6.43 Å². The van der Waals surface area contributed by atoms with Crippen LogP contribution in [0.3, 0.4) is 0 Å². The van der Waals surface area contributed by atoms with Gasteiger partial charge < -0.3 is 11.1 Å². The second-order valence-electron chi connectivity index (χ2n) is 5.55. The van der Waals surface area contributed by atoms with E-state index in [9.17, 15) is 8.78 Å². The molecule has 3 heterocycles. The van der Waals surface area contributed by atoms with E-state index in [0.29, 0.717) is 17.9 Å². The van der Waals surface area contributed by atoms with Crippen LogP contribution < -0.4 is 11.1 Å². The lowest BCUT2D eigenvalue weighted by Gasteiger charge is -2.26. The third-order valence-corrected chi connectivity index (χ3v) is 3.91. The number of rotatable bonds is 4. The van der Waals surface area contributed by atoms with Crippen LogP contribution in [0.5, 0.6) is 0 Å². The zero-order chi connectivity index (χ0) is 17.1. The molecule has 1 fully saturated rings. The van der Waals surface area contributed by atoms with Crippen molar-refractivity contribution in [1.82, 2.24) is 25.0 Å². The highest BCUT2D eigenvalue weighted by atomic mass is 19.3. The molecule has 2 aromatic rings. The lowest BCUT2D eigenvalue weighted by Crippen LogP contribution is -2.42. The minimum atomic E-state index is -2.67. The Bertz CT molecular complexity index is 760. The third-order valence-electron chi connectivity index (χ3n) is 3.91. The number of hydrogen-bond acceptors (Lipinski definition) is 6. The number of hydrogen-bond donors (Lipinski definition) is 2. The fourth-order valence-electron chi connectivity index (χ4n) is 2.63. The number of aromatic nitrogens is 3. The van der Waals surface area contributed by atoms with E-state index in [4.69, 9.17) is 11.0 Å². The Balaban J connectivity index is 1.90. The second-order valence-corrected chi connectivity index (χ2v) is 5.55. The number of pyridine rings is 1. The number of nitrogens with one attached hydrogen (secondary N) is 1. The molecule has 0 aromatic carbocycles. The van der Waals surface area contributed by atoms with Crippen LogP contribution in [0.15, 0.2) is 18.5 Å². The van der Waals surface area contributed by atoms with Crippen molar-refractivity contribution in [1.29, 1.82) is 5.26 Å². The van der Waals surface area contributed by atoms with Gasteiger partial charge in [0.2, 0.25) is 0 Å². The highest BCUT2D eigenvalue weighted by molar-refractivity contribution is 5.55. The summed E-state index contributed by atoms with van der Waals surface area (Å²) in [4.78, 5) is 6.17. The van der Waals surface area contributed by atoms with E-state index in [-0.39, 0.29) is 16.9 Å². The summed E-state index contributed by atoms with van der Waals surface area (Å²) >= 11 is 0. The summed E-state index contributed by atoms with van der Waals surface area (Å²) in [5.41, 5.74) is 6.45. The van der Waals surface area contributed by atoms with Crippen LogP contribution in [0.1, 0.15) is 23.2 Å². The van der Waals surface area contributed by atoms with E-state index in [1.54, 1.807) is 6.20 Å². The van der Waals surface area contributed by atoms with Crippen LogP contribution >= 0.6 is 0 Å². The van der Waals surface area contributed by atoms with Gasteiger partial charge in [-0.15, -0.1) is 0 Å². The van der Waals surface area contributed by atoms with Gasteiger partial charge >= 0.3 is 0 Å². The predicted octanol–water partition coefficient (Wildman–Crippen LogP) is 1.06. The van der Waals surface area contributed by atoms with E-state index in [2.05, 4.69) is 20.3 Å². The summed E-state index contributed by atoms with van der Waals surface area (Å²) < 4.78 is 27.9. The molecular formula is C15H17F2N7. The molecule has 1 aliphatic rings. The molecule has 7 nitrogen and oxygen atoms in total. The summed E-state index contributed by atoms with van der Waals surface area (Å²) in [5.74, 6) is 0.306. The van der Waals surface area contributed by atoms with Crippen molar-refractivity contribution in [2.75, 3.05) is 31.9 Å². The lowest BCUT2D eigenvalue weighted by atomic mass is 10.2. The second kappa shape index (κ2) is 6.90. The van der Waals surface area contributed by atoms with Crippen LogP contribution in [0.25, 0.3) is 5.82 Å². The molecule has 3 rings (SSSR count). The van der Waals surface area contributed by atoms with Crippen LogP contribution in [-0.4, -0.2) is 45.8 Å². The van der Waals surface area contributed by atoms with E-state index in [1.807, 2.05) is 6.07 Å². The van der Waals surface area contributed by atoms with Crippen molar-refractivity contribution < 1.29 is 8.78 Å². The zero-order valence-electron chi connectivity index (χ0n) is 12.9. The maximum absolute atomic E-state index is 13.3. The Morgan fingerprint density at radius 2 is 2.12 bits per heavy atom. The van der Waals surface area contributed by atoms with Gasteiger partial charge in [0.15, 0.2) is 5.82 Å². The largest absolute Gasteiger partial charge is 0.398 e. The Labute approximate surface area is 137 Å². The molecule has 1 saturated heterocycles. The van der Waals surface area contributed by atoms with Gasteiger partial charge in [-0.05, 0) is 0 Å². The first-order chi connectivity index (χ1) is 11.6. The van der Waals surface area contributed by atoms with Gasteiger partial charge in [-0.1, -0.05) is 0 Å². The van der Waals surface area contributed by atoms with Crippen LogP contribution in [0, 0.1) is 11.3 Å². The number of nitrogen functional groups attached to an aromatic ring is 1. The molecule has 1 aliphatic heterocycles. The average Bonchev–Trinajstić information content (AvgIpc) is 3.00. The fourth-order valence-corrected chi connectivity index (χ4v) is 2.63. The molecule has 0 unspecified atom stereocenters. The highest BCUT2D eigenvalue weighted by Gasteiger charge is 2.22. The van der Waals surface area contributed by atoms with Gasteiger partial charge in [0.05, 0.1) is 11.3 Å². The van der Waals surface area contributed by atoms with Gasteiger partial charge in [0.1, 0.15) is 11.8 Å². The number of anilines is 1. The first-order valence-corrected chi connectivity index (χ1v) is 7.54. The normalized spacial score (nSPS) is 15.6. The molecule has 0 aliphatic carbocycles. The van der Waals surface area contributed by atoms with E-state index >= 15 is 0 Å². The minimum absolute atomic E-state index is 0.236. The molecular weight excluding hydrogens is 316 g/mol. The molecule has 0 saturated carbocycles. The topological polar surface area (TPSA) is 95.8 Å². The Morgan fingerprint density at radius 3 is 2.75 bits per heavy atom.